The summed E-state index contributed by atoms with van der Waals surface area (Å²) in [7, 11) is -2.60. The largest absolute Gasteiger partial charge is 0.494 e. The van der Waals surface area contributed by atoms with Crippen molar-refractivity contribution in [2.45, 2.75) is 25.7 Å². The van der Waals surface area contributed by atoms with Gasteiger partial charge in [-0.1, -0.05) is 6.07 Å². The van der Waals surface area contributed by atoms with Crippen LogP contribution in [0.25, 0.3) is 0 Å². The predicted molar refractivity (Wildman–Crippen MR) is 133 cm³/mol. The number of rotatable bonds is 9. The summed E-state index contributed by atoms with van der Waals surface area (Å²) in [6.07, 6.45) is 0. The third kappa shape index (κ3) is 5.40. The zero-order valence-electron chi connectivity index (χ0n) is 19.3. The molecular weight excluding hydrogens is 476 g/mol. The van der Waals surface area contributed by atoms with Gasteiger partial charge in [0.05, 0.1) is 24.5 Å². The molecule has 1 N–H and O–H groups in total. The van der Waals surface area contributed by atoms with Crippen molar-refractivity contribution >= 4 is 44.6 Å². The Morgan fingerprint density at radius 1 is 1.06 bits per heavy atom. The van der Waals surface area contributed by atoms with Gasteiger partial charge in [-0.2, -0.15) is 0 Å². The summed E-state index contributed by atoms with van der Waals surface area (Å²) in [5.74, 6) is -0.461. The number of amides is 1. The molecule has 3 aromatic rings. The molecule has 0 atom stereocenters. The van der Waals surface area contributed by atoms with Crippen LogP contribution in [0.5, 0.6) is 5.75 Å². The Morgan fingerprint density at radius 3 is 2.41 bits per heavy atom. The molecule has 0 aliphatic carbocycles. The fourth-order valence-electron chi connectivity index (χ4n) is 3.23. The number of esters is 1. The molecule has 1 heterocycles. The SMILES string of the molecule is CCOC(=O)c1cccc(NC(=O)c2scc(C)c2S(=O)(=O)N(C)c2ccc(OCC)cc2)c1. The summed E-state index contributed by atoms with van der Waals surface area (Å²) in [5.41, 5.74) is 1.53. The van der Waals surface area contributed by atoms with Crippen LogP contribution in [0.3, 0.4) is 0 Å². The molecule has 0 bridgehead atoms. The van der Waals surface area contributed by atoms with Crippen molar-refractivity contribution in [1.82, 2.24) is 0 Å². The van der Waals surface area contributed by atoms with E-state index in [0.717, 1.165) is 15.6 Å². The number of nitrogens with zero attached hydrogens (tertiary/aromatic N) is 1. The second-order valence-corrected chi connectivity index (χ2v) is 10.0. The van der Waals surface area contributed by atoms with Crippen molar-refractivity contribution in [3.63, 3.8) is 0 Å². The summed E-state index contributed by atoms with van der Waals surface area (Å²) in [6, 6.07) is 12.9. The molecule has 0 saturated carbocycles. The number of nitrogens with one attached hydrogen (secondary N) is 1. The van der Waals surface area contributed by atoms with Crippen LogP contribution in [0.2, 0.25) is 0 Å². The molecule has 8 nitrogen and oxygen atoms in total. The number of benzene rings is 2. The van der Waals surface area contributed by atoms with E-state index < -0.39 is 21.9 Å². The van der Waals surface area contributed by atoms with Crippen molar-refractivity contribution in [3.05, 3.63) is 69.9 Å². The van der Waals surface area contributed by atoms with Crippen LogP contribution < -0.4 is 14.4 Å². The van der Waals surface area contributed by atoms with E-state index in [0.29, 0.717) is 29.3 Å². The highest BCUT2D eigenvalue weighted by molar-refractivity contribution is 7.93. The van der Waals surface area contributed by atoms with E-state index in [1.165, 1.54) is 13.1 Å². The fraction of sp³-hybridized carbons (Fsp3) is 0.250. The molecule has 3 rings (SSSR count). The first kappa shape index (κ1) is 25.3. The molecule has 34 heavy (non-hydrogen) atoms. The van der Waals surface area contributed by atoms with Crippen LogP contribution in [0.15, 0.2) is 58.8 Å². The highest BCUT2D eigenvalue weighted by atomic mass is 32.2. The van der Waals surface area contributed by atoms with Gasteiger partial charge in [0.2, 0.25) is 0 Å². The second kappa shape index (κ2) is 10.7. The Balaban J connectivity index is 1.88. The minimum atomic E-state index is -4.03. The Morgan fingerprint density at radius 2 is 1.76 bits per heavy atom. The van der Waals surface area contributed by atoms with Crippen molar-refractivity contribution < 1.29 is 27.5 Å². The Hall–Kier alpha value is -3.37. The van der Waals surface area contributed by atoms with Gasteiger partial charge < -0.3 is 14.8 Å². The normalized spacial score (nSPS) is 11.1. The van der Waals surface area contributed by atoms with Gasteiger partial charge >= 0.3 is 5.97 Å². The number of anilines is 2. The molecule has 2 aromatic carbocycles. The lowest BCUT2D eigenvalue weighted by Gasteiger charge is -2.20. The molecule has 1 amide bonds. The highest BCUT2D eigenvalue weighted by Crippen LogP contribution is 2.32. The third-order valence-corrected chi connectivity index (χ3v) is 8.09. The Labute approximate surface area is 203 Å². The maximum absolute atomic E-state index is 13.5. The van der Waals surface area contributed by atoms with E-state index in [9.17, 15) is 18.0 Å². The summed E-state index contributed by atoms with van der Waals surface area (Å²) >= 11 is 1.04. The molecule has 0 radical (unpaired) electrons. The minimum absolute atomic E-state index is 0.0526. The summed E-state index contributed by atoms with van der Waals surface area (Å²) < 4.78 is 38.5. The summed E-state index contributed by atoms with van der Waals surface area (Å²) in [5, 5.41) is 4.31. The number of carbonyl (C=O) groups excluding carboxylic acids is 2. The average molecular weight is 503 g/mol. The van der Waals surface area contributed by atoms with Crippen molar-refractivity contribution in [3.8, 4) is 5.75 Å². The summed E-state index contributed by atoms with van der Waals surface area (Å²) in [6.45, 7) is 5.95. The molecule has 0 saturated heterocycles. The van der Waals surface area contributed by atoms with Crippen LogP contribution in [0, 0.1) is 6.92 Å². The van der Waals surface area contributed by atoms with Crippen LogP contribution in [0.4, 0.5) is 11.4 Å². The number of ether oxygens (including phenoxy) is 2. The van der Waals surface area contributed by atoms with Gasteiger partial charge in [-0.25, -0.2) is 13.2 Å². The van der Waals surface area contributed by atoms with Crippen LogP contribution in [0.1, 0.15) is 39.4 Å². The van der Waals surface area contributed by atoms with Crippen molar-refractivity contribution in [1.29, 1.82) is 0 Å². The highest BCUT2D eigenvalue weighted by Gasteiger charge is 2.31. The van der Waals surface area contributed by atoms with E-state index in [4.69, 9.17) is 9.47 Å². The number of hydrogen-bond donors (Lipinski definition) is 1. The lowest BCUT2D eigenvalue weighted by molar-refractivity contribution is 0.0526. The Kier molecular flexibility index (Phi) is 7.95. The smallest absolute Gasteiger partial charge is 0.338 e. The molecule has 0 spiro atoms. The monoisotopic (exact) mass is 502 g/mol. The number of thiophene rings is 1. The van der Waals surface area contributed by atoms with Gasteiger partial charge in [0.15, 0.2) is 0 Å². The number of aryl methyl sites for hydroxylation is 1. The van der Waals surface area contributed by atoms with Gasteiger partial charge in [0, 0.05) is 12.7 Å². The molecule has 0 unspecified atom stereocenters. The number of sulfonamides is 1. The standard InChI is InChI=1S/C24H26N2O6S2/c1-5-31-20-12-10-19(11-13-20)26(4)34(29,30)22-16(3)15-33-21(22)23(27)25-18-9-7-8-17(14-18)24(28)32-6-2/h7-15H,5-6H2,1-4H3,(H,25,27). The van der Waals surface area contributed by atoms with E-state index in [1.807, 2.05) is 6.92 Å². The first-order valence-electron chi connectivity index (χ1n) is 10.6. The predicted octanol–water partition coefficient (Wildman–Crippen LogP) is 4.71. The molecule has 0 aliphatic heterocycles. The zero-order chi connectivity index (χ0) is 24.9. The lowest BCUT2D eigenvalue weighted by atomic mass is 10.2. The van der Waals surface area contributed by atoms with Crippen molar-refractivity contribution in [2.24, 2.45) is 0 Å². The molecule has 1 aromatic heterocycles. The zero-order valence-corrected chi connectivity index (χ0v) is 21.0. The quantitative estimate of drug-likeness (QED) is 0.425. The van der Waals surface area contributed by atoms with Crippen LogP contribution in [-0.4, -0.2) is 40.6 Å². The average Bonchev–Trinajstić information content (AvgIpc) is 3.22. The lowest BCUT2D eigenvalue weighted by Crippen LogP contribution is -2.28. The first-order valence-corrected chi connectivity index (χ1v) is 12.9. The van der Waals surface area contributed by atoms with E-state index >= 15 is 0 Å². The topological polar surface area (TPSA) is 102 Å². The van der Waals surface area contributed by atoms with E-state index in [2.05, 4.69) is 5.32 Å². The maximum atomic E-state index is 13.5. The van der Waals surface area contributed by atoms with Gasteiger partial charge in [0.25, 0.3) is 15.9 Å². The number of carbonyl (C=O) groups is 2. The van der Waals surface area contributed by atoms with Gasteiger partial charge in [-0.3, -0.25) is 9.10 Å². The van der Waals surface area contributed by atoms with Crippen LogP contribution >= 0.6 is 11.3 Å². The van der Waals surface area contributed by atoms with Gasteiger partial charge in [-0.05, 0) is 74.2 Å². The van der Waals surface area contributed by atoms with Crippen LogP contribution in [-0.2, 0) is 14.8 Å². The molecule has 180 valence electrons. The molecule has 0 aliphatic rings. The van der Waals surface area contributed by atoms with Gasteiger partial charge in [0.1, 0.15) is 15.5 Å². The molecule has 10 heteroatoms. The second-order valence-electron chi connectivity index (χ2n) is 7.23. The fourth-order valence-corrected chi connectivity index (χ4v) is 6.07. The van der Waals surface area contributed by atoms with Gasteiger partial charge in [-0.15, -0.1) is 11.3 Å². The Bertz CT molecular complexity index is 1280. The van der Waals surface area contributed by atoms with Crippen molar-refractivity contribution in [2.75, 3.05) is 29.9 Å². The molecular formula is C24H26N2O6S2. The third-order valence-electron chi connectivity index (χ3n) is 4.89. The van der Waals surface area contributed by atoms with E-state index in [-0.39, 0.29) is 21.9 Å². The maximum Gasteiger partial charge on any atom is 0.338 e. The minimum Gasteiger partial charge on any atom is -0.494 e. The first-order chi connectivity index (χ1) is 16.2. The number of hydrogen-bond acceptors (Lipinski definition) is 7. The van der Waals surface area contributed by atoms with E-state index in [1.54, 1.807) is 61.7 Å². The molecule has 0 fully saturated rings. The summed E-state index contributed by atoms with van der Waals surface area (Å²) in [4.78, 5) is 25.0.